The Morgan fingerprint density at radius 3 is 2.14 bits per heavy atom. The molecule has 0 unspecified atom stereocenters. The van der Waals surface area contributed by atoms with E-state index in [4.69, 9.17) is 4.74 Å². The third-order valence-electron chi connectivity index (χ3n) is 2.48. The van der Waals surface area contributed by atoms with Crippen LogP contribution >= 0.6 is 0 Å². The summed E-state index contributed by atoms with van der Waals surface area (Å²) in [6, 6.07) is 5.79. The Hall–Kier alpha value is -1.76. The predicted molar refractivity (Wildman–Crippen MR) is 70.6 cm³/mol. The van der Waals surface area contributed by atoms with Gasteiger partial charge in [0.1, 0.15) is 5.60 Å². The molecule has 1 rings (SSSR count). The molecule has 0 aliphatic heterocycles. The molecule has 0 spiro atoms. The molecule has 7 heteroatoms. The fourth-order valence-electron chi connectivity index (χ4n) is 1.63. The third kappa shape index (κ3) is 5.63. The van der Waals surface area contributed by atoms with Crippen molar-refractivity contribution in [1.82, 2.24) is 5.32 Å². The minimum Gasteiger partial charge on any atom is -0.444 e. The molecule has 118 valence electrons. The van der Waals surface area contributed by atoms with Crippen LogP contribution in [0.25, 0.3) is 0 Å². The normalized spacial score (nSPS) is 15.2. The Kier molecular flexibility index (Phi) is 5.22. The van der Waals surface area contributed by atoms with Crippen molar-refractivity contribution < 1.29 is 27.8 Å². The topological polar surface area (TPSA) is 58.6 Å². The van der Waals surface area contributed by atoms with Crippen LogP contribution in [-0.2, 0) is 4.74 Å². The summed E-state index contributed by atoms with van der Waals surface area (Å²) < 4.78 is 43.1. The molecule has 2 N–H and O–H groups in total. The van der Waals surface area contributed by atoms with Gasteiger partial charge in [0.15, 0.2) is 6.10 Å². The van der Waals surface area contributed by atoms with Crippen molar-refractivity contribution in [2.75, 3.05) is 0 Å². The molecule has 0 saturated carbocycles. The van der Waals surface area contributed by atoms with Gasteiger partial charge in [-0.05, 0) is 26.3 Å². The molecule has 2 atom stereocenters. The molecule has 21 heavy (non-hydrogen) atoms. The maximum absolute atomic E-state index is 12.7. The number of alkyl carbamates (subject to hydrolysis) is 1. The van der Waals surface area contributed by atoms with Gasteiger partial charge >= 0.3 is 12.3 Å². The molecular formula is C14H18F3NO3. The van der Waals surface area contributed by atoms with E-state index in [-0.39, 0.29) is 5.56 Å². The minimum absolute atomic E-state index is 0.133. The number of aliphatic hydroxyl groups is 1. The van der Waals surface area contributed by atoms with Gasteiger partial charge in [-0.1, -0.05) is 30.3 Å². The molecule has 0 aliphatic rings. The second-order valence-electron chi connectivity index (χ2n) is 5.52. The van der Waals surface area contributed by atoms with Gasteiger partial charge < -0.3 is 15.2 Å². The van der Waals surface area contributed by atoms with E-state index in [1.54, 1.807) is 26.8 Å². The lowest BCUT2D eigenvalue weighted by Crippen LogP contribution is -2.45. The van der Waals surface area contributed by atoms with Crippen molar-refractivity contribution in [3.63, 3.8) is 0 Å². The highest BCUT2D eigenvalue weighted by Crippen LogP contribution is 2.30. The predicted octanol–water partition coefficient (Wildman–Crippen LogP) is 3.18. The highest BCUT2D eigenvalue weighted by Gasteiger charge is 2.45. The van der Waals surface area contributed by atoms with Crippen molar-refractivity contribution in [2.24, 2.45) is 0 Å². The van der Waals surface area contributed by atoms with Gasteiger partial charge in [-0.2, -0.15) is 13.2 Å². The van der Waals surface area contributed by atoms with Crippen LogP contribution in [0.5, 0.6) is 0 Å². The summed E-state index contributed by atoms with van der Waals surface area (Å²) in [5.74, 6) is 0. The highest BCUT2D eigenvalue weighted by molar-refractivity contribution is 5.68. The van der Waals surface area contributed by atoms with Crippen LogP contribution in [0.4, 0.5) is 18.0 Å². The van der Waals surface area contributed by atoms with Crippen molar-refractivity contribution in [1.29, 1.82) is 0 Å². The van der Waals surface area contributed by atoms with Crippen LogP contribution in [0, 0.1) is 0 Å². The number of rotatable bonds is 3. The largest absolute Gasteiger partial charge is 0.444 e. The van der Waals surface area contributed by atoms with E-state index in [2.05, 4.69) is 5.32 Å². The number of aliphatic hydroxyl groups excluding tert-OH is 1. The van der Waals surface area contributed by atoms with Gasteiger partial charge in [-0.15, -0.1) is 0 Å². The van der Waals surface area contributed by atoms with Gasteiger partial charge in [-0.25, -0.2) is 4.79 Å². The number of carbonyl (C=O) groups is 1. The maximum atomic E-state index is 12.7. The van der Waals surface area contributed by atoms with E-state index in [0.717, 1.165) is 0 Å². The molecule has 4 nitrogen and oxygen atoms in total. The molecule has 0 aromatic heterocycles. The number of halogens is 3. The van der Waals surface area contributed by atoms with Crippen LogP contribution in [-0.4, -0.2) is 29.1 Å². The summed E-state index contributed by atoms with van der Waals surface area (Å²) in [7, 11) is 0. The summed E-state index contributed by atoms with van der Waals surface area (Å²) in [5, 5.41) is 11.5. The zero-order valence-corrected chi connectivity index (χ0v) is 11.9. The molecule has 0 bridgehead atoms. The quantitative estimate of drug-likeness (QED) is 0.901. The summed E-state index contributed by atoms with van der Waals surface area (Å²) in [6.45, 7) is 4.76. The number of carbonyl (C=O) groups excluding carboxylic acids is 1. The van der Waals surface area contributed by atoms with Crippen molar-refractivity contribution in [2.45, 2.75) is 44.7 Å². The molecule has 1 amide bonds. The van der Waals surface area contributed by atoms with Gasteiger partial charge in [0.05, 0.1) is 6.04 Å². The summed E-state index contributed by atoms with van der Waals surface area (Å²) in [5.41, 5.74) is -0.720. The number of nitrogens with one attached hydrogen (secondary N) is 1. The van der Waals surface area contributed by atoms with Crippen molar-refractivity contribution >= 4 is 6.09 Å². The third-order valence-corrected chi connectivity index (χ3v) is 2.48. The van der Waals surface area contributed by atoms with E-state index >= 15 is 0 Å². The molecule has 0 fully saturated rings. The lowest BCUT2D eigenvalue weighted by Gasteiger charge is -2.28. The summed E-state index contributed by atoms with van der Waals surface area (Å²) >= 11 is 0. The zero-order valence-electron chi connectivity index (χ0n) is 11.9. The van der Waals surface area contributed by atoms with Gasteiger partial charge in [-0.3, -0.25) is 0 Å². The van der Waals surface area contributed by atoms with Crippen LogP contribution in [0.2, 0.25) is 0 Å². The lowest BCUT2D eigenvalue weighted by atomic mass is 10.0. The second kappa shape index (κ2) is 6.34. The SMILES string of the molecule is CC(C)(C)OC(=O)N[C@@H](c1ccccc1)[C@H](O)C(F)(F)F. The van der Waals surface area contributed by atoms with Gasteiger partial charge in [0.2, 0.25) is 0 Å². The minimum atomic E-state index is -4.87. The molecule has 0 saturated heterocycles. The summed E-state index contributed by atoms with van der Waals surface area (Å²) in [6.07, 6.45) is -8.62. The van der Waals surface area contributed by atoms with E-state index < -0.39 is 30.0 Å². The number of hydrogen-bond donors (Lipinski definition) is 2. The molecular weight excluding hydrogens is 287 g/mol. The Morgan fingerprint density at radius 2 is 1.71 bits per heavy atom. The Morgan fingerprint density at radius 1 is 1.19 bits per heavy atom. The number of alkyl halides is 3. The second-order valence-corrected chi connectivity index (χ2v) is 5.52. The Bertz CT molecular complexity index is 469. The first-order chi connectivity index (χ1) is 9.50. The average Bonchev–Trinajstić information content (AvgIpc) is 2.33. The zero-order chi connectivity index (χ0) is 16.3. The van der Waals surface area contributed by atoms with E-state index in [1.165, 1.54) is 24.3 Å². The first-order valence-electron chi connectivity index (χ1n) is 6.30. The smallest absolute Gasteiger partial charge is 0.416 e. The summed E-state index contributed by atoms with van der Waals surface area (Å²) in [4.78, 5) is 11.7. The van der Waals surface area contributed by atoms with Gasteiger partial charge in [0.25, 0.3) is 0 Å². The van der Waals surface area contributed by atoms with Crippen LogP contribution < -0.4 is 5.32 Å². The van der Waals surface area contributed by atoms with E-state index in [0.29, 0.717) is 0 Å². The van der Waals surface area contributed by atoms with E-state index in [9.17, 15) is 23.1 Å². The first kappa shape index (κ1) is 17.3. The van der Waals surface area contributed by atoms with E-state index in [1.807, 2.05) is 0 Å². The average molecular weight is 305 g/mol. The monoisotopic (exact) mass is 305 g/mol. The Balaban J connectivity index is 2.96. The van der Waals surface area contributed by atoms with Crippen LogP contribution in [0.15, 0.2) is 30.3 Å². The first-order valence-corrected chi connectivity index (χ1v) is 6.30. The number of benzene rings is 1. The standard InChI is InChI=1S/C14H18F3NO3/c1-13(2,3)21-12(20)18-10(11(19)14(15,16)17)9-7-5-4-6-8-9/h4-8,10-11,19H,1-3H3,(H,18,20)/t10-,11-/m0/s1. The number of ether oxygens (including phenoxy) is 1. The molecule has 1 aromatic carbocycles. The van der Waals surface area contributed by atoms with Crippen molar-refractivity contribution in [3.05, 3.63) is 35.9 Å². The van der Waals surface area contributed by atoms with Crippen LogP contribution in [0.1, 0.15) is 32.4 Å². The fraction of sp³-hybridized carbons (Fsp3) is 0.500. The Labute approximate surface area is 120 Å². The maximum Gasteiger partial charge on any atom is 0.416 e. The molecule has 1 aromatic rings. The van der Waals surface area contributed by atoms with Gasteiger partial charge in [0, 0.05) is 0 Å². The fourth-order valence-corrected chi connectivity index (χ4v) is 1.63. The van der Waals surface area contributed by atoms with Crippen LogP contribution in [0.3, 0.4) is 0 Å². The van der Waals surface area contributed by atoms with Crippen molar-refractivity contribution in [3.8, 4) is 0 Å². The molecule has 0 heterocycles. The highest BCUT2D eigenvalue weighted by atomic mass is 19.4. The molecule has 0 radical (unpaired) electrons. The number of amides is 1. The lowest BCUT2D eigenvalue weighted by molar-refractivity contribution is -0.212. The molecule has 0 aliphatic carbocycles. The number of hydrogen-bond acceptors (Lipinski definition) is 3.